The lowest BCUT2D eigenvalue weighted by atomic mass is 9.70. The molecule has 1 aromatic rings. The summed E-state index contributed by atoms with van der Waals surface area (Å²) in [5.74, 6) is 4.90. The van der Waals surface area contributed by atoms with Gasteiger partial charge in [0.15, 0.2) is 0 Å². The van der Waals surface area contributed by atoms with Crippen molar-refractivity contribution in [1.82, 2.24) is 5.32 Å². The molecule has 0 unspecified atom stereocenters. The van der Waals surface area contributed by atoms with Gasteiger partial charge < -0.3 is 10.7 Å². The monoisotopic (exact) mass is 278 g/mol. The molecule has 1 saturated carbocycles. The molecule has 4 N–H and O–H groups in total. The van der Waals surface area contributed by atoms with Gasteiger partial charge in [-0.25, -0.2) is 0 Å². The largest absolute Gasteiger partial charge is 0.351 e. The Kier molecular flexibility index (Phi) is 3.89. The highest BCUT2D eigenvalue weighted by atomic mass is 16.6. The minimum absolute atomic E-state index is 0.167. The standard InChI is InChI=1S/C13H18N4O3/c1-13(5-2-6-13)8-15-12(18)9-3-4-10(16-14)11(7-9)17(19)20/h3-4,7,16H,2,5-6,8,14H2,1H3,(H,15,18). The molecule has 0 spiro atoms. The Balaban J connectivity index is 2.09. The molecule has 0 bridgehead atoms. The first-order valence-corrected chi connectivity index (χ1v) is 6.48. The van der Waals surface area contributed by atoms with Crippen LogP contribution in [0.4, 0.5) is 11.4 Å². The molecule has 0 saturated heterocycles. The third kappa shape index (κ3) is 2.88. The van der Waals surface area contributed by atoms with Gasteiger partial charge in [-0.2, -0.15) is 0 Å². The number of nitro benzene ring substituents is 1. The SMILES string of the molecule is CC1(CNC(=O)c2ccc(NN)c([N+](=O)[O-])c2)CCC1. The van der Waals surface area contributed by atoms with Crippen LogP contribution in [-0.2, 0) is 0 Å². The molecular weight excluding hydrogens is 260 g/mol. The lowest BCUT2D eigenvalue weighted by Crippen LogP contribution is -2.39. The van der Waals surface area contributed by atoms with E-state index in [1.807, 2.05) is 0 Å². The van der Waals surface area contributed by atoms with E-state index in [1.165, 1.54) is 24.6 Å². The lowest BCUT2D eigenvalue weighted by molar-refractivity contribution is -0.384. The summed E-state index contributed by atoms with van der Waals surface area (Å²) in [6.07, 6.45) is 3.39. The van der Waals surface area contributed by atoms with Crippen LogP contribution in [-0.4, -0.2) is 17.4 Å². The molecule has 1 aromatic carbocycles. The number of nitrogen functional groups attached to an aromatic ring is 1. The van der Waals surface area contributed by atoms with Crippen molar-refractivity contribution < 1.29 is 9.72 Å². The molecule has 108 valence electrons. The number of hydrogen-bond acceptors (Lipinski definition) is 5. The molecule has 1 fully saturated rings. The predicted molar refractivity (Wildman–Crippen MR) is 75.2 cm³/mol. The van der Waals surface area contributed by atoms with Gasteiger partial charge in [0, 0.05) is 18.2 Å². The van der Waals surface area contributed by atoms with Gasteiger partial charge in [0.05, 0.1) is 4.92 Å². The van der Waals surface area contributed by atoms with Gasteiger partial charge in [0.25, 0.3) is 11.6 Å². The normalized spacial score (nSPS) is 16.1. The number of anilines is 1. The first-order chi connectivity index (χ1) is 9.45. The van der Waals surface area contributed by atoms with Crippen molar-refractivity contribution in [2.45, 2.75) is 26.2 Å². The molecule has 7 heteroatoms. The van der Waals surface area contributed by atoms with Crippen molar-refractivity contribution in [3.8, 4) is 0 Å². The summed E-state index contributed by atoms with van der Waals surface area (Å²) in [6, 6.07) is 4.17. The fraction of sp³-hybridized carbons (Fsp3) is 0.462. The van der Waals surface area contributed by atoms with E-state index in [0.29, 0.717) is 6.54 Å². The number of hydrogen-bond donors (Lipinski definition) is 3. The van der Waals surface area contributed by atoms with Crippen LogP contribution in [0.1, 0.15) is 36.5 Å². The molecular formula is C13H18N4O3. The van der Waals surface area contributed by atoms with Gasteiger partial charge in [-0.05, 0) is 30.4 Å². The molecule has 1 amide bonds. The van der Waals surface area contributed by atoms with E-state index >= 15 is 0 Å². The highest BCUT2D eigenvalue weighted by Gasteiger charge is 2.32. The summed E-state index contributed by atoms with van der Waals surface area (Å²) in [5.41, 5.74) is 2.64. The van der Waals surface area contributed by atoms with Crippen LogP contribution in [0.25, 0.3) is 0 Å². The Morgan fingerprint density at radius 3 is 2.70 bits per heavy atom. The van der Waals surface area contributed by atoms with Crippen LogP contribution < -0.4 is 16.6 Å². The Labute approximate surface area is 116 Å². The average molecular weight is 278 g/mol. The van der Waals surface area contributed by atoms with Gasteiger partial charge in [0.1, 0.15) is 5.69 Å². The zero-order chi connectivity index (χ0) is 14.8. The van der Waals surface area contributed by atoms with Crippen LogP contribution in [0, 0.1) is 15.5 Å². The van der Waals surface area contributed by atoms with Crippen molar-refractivity contribution in [3.63, 3.8) is 0 Å². The molecule has 1 aliphatic rings. The molecule has 0 radical (unpaired) electrons. The average Bonchev–Trinajstić information content (AvgIpc) is 2.41. The van der Waals surface area contributed by atoms with E-state index in [-0.39, 0.29) is 28.3 Å². The number of nitrogens with zero attached hydrogens (tertiary/aromatic N) is 1. The van der Waals surface area contributed by atoms with E-state index in [9.17, 15) is 14.9 Å². The molecule has 0 aliphatic heterocycles. The summed E-state index contributed by atoms with van der Waals surface area (Å²) in [4.78, 5) is 22.4. The summed E-state index contributed by atoms with van der Waals surface area (Å²) in [7, 11) is 0. The molecule has 1 aliphatic carbocycles. The fourth-order valence-corrected chi connectivity index (χ4v) is 2.30. The maximum atomic E-state index is 12.0. The number of nitrogens with two attached hydrogens (primary N) is 1. The third-order valence-corrected chi connectivity index (χ3v) is 3.85. The number of benzene rings is 1. The molecule has 0 heterocycles. The van der Waals surface area contributed by atoms with Gasteiger partial charge in [-0.1, -0.05) is 13.3 Å². The maximum absolute atomic E-state index is 12.0. The molecule has 0 atom stereocenters. The number of rotatable bonds is 5. The smallest absolute Gasteiger partial charge is 0.294 e. The minimum atomic E-state index is -0.570. The highest BCUT2D eigenvalue weighted by Crippen LogP contribution is 2.39. The molecule has 0 aromatic heterocycles. The van der Waals surface area contributed by atoms with Crippen LogP contribution in [0.3, 0.4) is 0 Å². The number of nitro groups is 1. The Morgan fingerprint density at radius 2 is 2.20 bits per heavy atom. The second-order valence-corrected chi connectivity index (χ2v) is 5.48. The number of hydrazine groups is 1. The fourth-order valence-electron chi connectivity index (χ4n) is 2.30. The second kappa shape index (κ2) is 5.46. The number of carbonyl (C=O) groups is 1. The number of amides is 1. The first-order valence-electron chi connectivity index (χ1n) is 6.48. The summed E-state index contributed by atoms with van der Waals surface area (Å²) in [6.45, 7) is 2.72. The zero-order valence-corrected chi connectivity index (χ0v) is 11.3. The van der Waals surface area contributed by atoms with Crippen molar-refractivity contribution >= 4 is 17.3 Å². The van der Waals surface area contributed by atoms with Gasteiger partial charge >= 0.3 is 0 Å². The highest BCUT2D eigenvalue weighted by molar-refractivity contribution is 5.95. The Bertz CT molecular complexity index is 540. The van der Waals surface area contributed by atoms with Gasteiger partial charge in [-0.3, -0.25) is 20.8 Å². The Hall–Kier alpha value is -2.15. The lowest BCUT2D eigenvalue weighted by Gasteiger charge is -2.38. The van der Waals surface area contributed by atoms with Crippen molar-refractivity contribution in [2.75, 3.05) is 12.0 Å². The number of nitrogens with one attached hydrogen (secondary N) is 2. The van der Waals surface area contributed by atoms with Crippen LogP contribution >= 0.6 is 0 Å². The molecule has 7 nitrogen and oxygen atoms in total. The predicted octanol–water partition coefficient (Wildman–Crippen LogP) is 1.80. The van der Waals surface area contributed by atoms with Crippen molar-refractivity contribution in [2.24, 2.45) is 11.3 Å². The third-order valence-electron chi connectivity index (χ3n) is 3.85. The molecule has 20 heavy (non-hydrogen) atoms. The minimum Gasteiger partial charge on any atom is -0.351 e. The molecule has 2 rings (SSSR count). The summed E-state index contributed by atoms with van der Waals surface area (Å²) < 4.78 is 0. The maximum Gasteiger partial charge on any atom is 0.294 e. The van der Waals surface area contributed by atoms with Gasteiger partial charge in [-0.15, -0.1) is 0 Å². The van der Waals surface area contributed by atoms with E-state index < -0.39 is 4.92 Å². The summed E-state index contributed by atoms with van der Waals surface area (Å²) >= 11 is 0. The van der Waals surface area contributed by atoms with Crippen LogP contribution in [0.5, 0.6) is 0 Å². The zero-order valence-electron chi connectivity index (χ0n) is 11.3. The summed E-state index contributed by atoms with van der Waals surface area (Å²) in [5, 5.41) is 13.7. The van der Waals surface area contributed by atoms with E-state index in [2.05, 4.69) is 17.7 Å². The first kappa shape index (κ1) is 14.3. The number of carbonyl (C=O) groups excluding carboxylic acids is 1. The van der Waals surface area contributed by atoms with Crippen molar-refractivity contribution in [3.05, 3.63) is 33.9 Å². The van der Waals surface area contributed by atoms with E-state index in [1.54, 1.807) is 0 Å². The van der Waals surface area contributed by atoms with Crippen LogP contribution in [0.15, 0.2) is 18.2 Å². The second-order valence-electron chi connectivity index (χ2n) is 5.48. The van der Waals surface area contributed by atoms with E-state index in [4.69, 9.17) is 5.84 Å². The van der Waals surface area contributed by atoms with Gasteiger partial charge in [0.2, 0.25) is 0 Å². The van der Waals surface area contributed by atoms with Crippen LogP contribution in [0.2, 0.25) is 0 Å². The Morgan fingerprint density at radius 1 is 1.50 bits per heavy atom. The topological polar surface area (TPSA) is 110 Å². The van der Waals surface area contributed by atoms with Crippen molar-refractivity contribution in [1.29, 1.82) is 0 Å². The quantitative estimate of drug-likeness (QED) is 0.432. The van der Waals surface area contributed by atoms with E-state index in [0.717, 1.165) is 12.8 Å².